The zero-order valence-corrected chi connectivity index (χ0v) is 17.3. The molecule has 9 heteroatoms. The monoisotopic (exact) mass is 463 g/mol. The van der Waals surface area contributed by atoms with E-state index in [2.05, 4.69) is 26.6 Å². The Bertz CT molecular complexity index is 747. The first kappa shape index (κ1) is 22.5. The van der Waals surface area contributed by atoms with E-state index in [1.165, 1.54) is 12.1 Å². The number of nitrogens with zero attached hydrogens (tertiary/aromatic N) is 1. The van der Waals surface area contributed by atoms with Gasteiger partial charge in [0.15, 0.2) is 0 Å². The van der Waals surface area contributed by atoms with Crippen LogP contribution in [0.5, 0.6) is 5.75 Å². The van der Waals surface area contributed by atoms with E-state index < -0.39 is 4.92 Å². The van der Waals surface area contributed by atoms with Crippen molar-refractivity contribution in [2.24, 2.45) is 0 Å². The average Bonchev–Trinajstić information content (AvgIpc) is 2.58. The van der Waals surface area contributed by atoms with Crippen LogP contribution in [0.4, 0.5) is 11.4 Å². The number of rotatable bonds is 9. The molecule has 0 amide bonds. The van der Waals surface area contributed by atoms with Crippen molar-refractivity contribution in [1.29, 1.82) is 0 Å². The van der Waals surface area contributed by atoms with Crippen LogP contribution in [0.2, 0.25) is 5.02 Å². The molecule has 142 valence electrons. The zero-order valence-electron chi connectivity index (χ0n) is 14.1. The molecular weight excluding hydrogens is 445 g/mol. The lowest BCUT2D eigenvalue weighted by Crippen LogP contribution is -2.22. The number of hydrogen-bond acceptors (Lipinski definition) is 5. The lowest BCUT2D eigenvalue weighted by molar-refractivity contribution is -0.384. The molecule has 0 fully saturated rings. The summed E-state index contributed by atoms with van der Waals surface area (Å²) in [6, 6.07) is 10.3. The zero-order chi connectivity index (χ0) is 18.2. The van der Waals surface area contributed by atoms with Gasteiger partial charge in [-0.2, -0.15) is 0 Å². The van der Waals surface area contributed by atoms with Crippen LogP contribution >= 0.6 is 39.9 Å². The molecule has 0 atom stereocenters. The molecule has 0 saturated carbocycles. The van der Waals surface area contributed by atoms with Crippen molar-refractivity contribution >= 4 is 51.3 Å². The van der Waals surface area contributed by atoms with Gasteiger partial charge in [0.25, 0.3) is 5.69 Å². The Balaban J connectivity index is 0.00000338. The minimum atomic E-state index is -0.467. The molecule has 0 saturated heterocycles. The Morgan fingerprint density at radius 3 is 2.65 bits per heavy atom. The van der Waals surface area contributed by atoms with E-state index in [9.17, 15) is 10.1 Å². The molecule has 26 heavy (non-hydrogen) atoms. The van der Waals surface area contributed by atoms with E-state index in [1.807, 2.05) is 25.1 Å². The minimum absolute atomic E-state index is 0. The Labute approximate surface area is 172 Å². The summed E-state index contributed by atoms with van der Waals surface area (Å²) < 4.78 is 6.62. The fraction of sp³-hybridized carbons (Fsp3) is 0.294. The van der Waals surface area contributed by atoms with Crippen molar-refractivity contribution in [2.75, 3.05) is 25.0 Å². The largest absolute Gasteiger partial charge is 0.494 e. The summed E-state index contributed by atoms with van der Waals surface area (Å²) in [5, 5.41) is 17.5. The van der Waals surface area contributed by atoms with Gasteiger partial charge < -0.3 is 15.4 Å². The van der Waals surface area contributed by atoms with Crippen molar-refractivity contribution in [3.8, 4) is 5.75 Å². The predicted molar refractivity (Wildman–Crippen MR) is 111 cm³/mol. The van der Waals surface area contributed by atoms with Crippen molar-refractivity contribution in [3.05, 3.63) is 61.6 Å². The number of nitro benzene ring substituents is 1. The standard InChI is InChI=1S/C17H19BrClN3O3.ClH/c1-2-25-17-6-3-13(18)9-12(17)11-20-7-8-21-16-5-4-14(22(23)24)10-15(16)19;/h3-6,9-10,20-21H,2,7-8,11H2,1H3;1H. The van der Waals surface area contributed by atoms with Gasteiger partial charge in [-0.25, -0.2) is 0 Å². The highest BCUT2D eigenvalue weighted by Gasteiger charge is 2.09. The number of benzene rings is 2. The maximum atomic E-state index is 10.7. The molecule has 0 aromatic heterocycles. The van der Waals surface area contributed by atoms with Gasteiger partial charge in [-0.15, -0.1) is 12.4 Å². The number of nitrogens with one attached hydrogen (secondary N) is 2. The maximum absolute atomic E-state index is 10.7. The van der Waals surface area contributed by atoms with E-state index in [0.29, 0.717) is 37.0 Å². The topological polar surface area (TPSA) is 76.4 Å². The fourth-order valence-electron chi connectivity index (χ4n) is 2.25. The van der Waals surface area contributed by atoms with Gasteiger partial charge in [-0.05, 0) is 31.2 Å². The first-order valence-electron chi connectivity index (χ1n) is 7.81. The highest BCUT2D eigenvalue weighted by Crippen LogP contribution is 2.26. The van der Waals surface area contributed by atoms with E-state index in [-0.39, 0.29) is 18.1 Å². The second kappa shape index (κ2) is 11.2. The Hall–Kier alpha value is -1.54. The molecule has 0 aliphatic heterocycles. The number of ether oxygens (including phenoxy) is 1. The number of hydrogen-bond donors (Lipinski definition) is 2. The Morgan fingerprint density at radius 2 is 2.00 bits per heavy atom. The van der Waals surface area contributed by atoms with Crippen LogP contribution in [0.25, 0.3) is 0 Å². The molecule has 0 unspecified atom stereocenters. The summed E-state index contributed by atoms with van der Waals surface area (Å²) in [6.07, 6.45) is 0. The van der Waals surface area contributed by atoms with Gasteiger partial charge in [-0.3, -0.25) is 10.1 Å². The third-order valence-electron chi connectivity index (χ3n) is 3.42. The van der Waals surface area contributed by atoms with Crippen LogP contribution in [-0.4, -0.2) is 24.6 Å². The molecule has 0 radical (unpaired) electrons. The smallest absolute Gasteiger partial charge is 0.271 e. The lowest BCUT2D eigenvalue weighted by Gasteiger charge is -2.12. The molecule has 2 aromatic rings. The van der Waals surface area contributed by atoms with Crippen molar-refractivity contribution in [3.63, 3.8) is 0 Å². The maximum Gasteiger partial charge on any atom is 0.271 e. The van der Waals surface area contributed by atoms with E-state index in [0.717, 1.165) is 15.8 Å². The molecule has 0 aliphatic rings. The number of anilines is 1. The van der Waals surface area contributed by atoms with Gasteiger partial charge >= 0.3 is 0 Å². The van der Waals surface area contributed by atoms with Crippen LogP contribution in [0.3, 0.4) is 0 Å². The Morgan fingerprint density at radius 1 is 1.23 bits per heavy atom. The fourth-order valence-corrected chi connectivity index (χ4v) is 2.90. The van der Waals surface area contributed by atoms with Crippen molar-refractivity contribution in [2.45, 2.75) is 13.5 Å². The summed E-state index contributed by atoms with van der Waals surface area (Å²) in [5.74, 6) is 0.865. The lowest BCUT2D eigenvalue weighted by atomic mass is 10.2. The number of halogens is 3. The third kappa shape index (κ3) is 6.64. The summed E-state index contributed by atoms with van der Waals surface area (Å²) >= 11 is 9.51. The second-order valence-corrected chi connectivity index (χ2v) is 6.53. The average molecular weight is 465 g/mol. The normalized spacial score (nSPS) is 10.1. The van der Waals surface area contributed by atoms with Crippen LogP contribution < -0.4 is 15.4 Å². The quantitative estimate of drug-likeness (QED) is 0.309. The summed E-state index contributed by atoms with van der Waals surface area (Å²) in [6.45, 7) is 4.58. The Kier molecular flexibility index (Phi) is 9.72. The summed E-state index contributed by atoms with van der Waals surface area (Å²) in [5.41, 5.74) is 1.72. The molecule has 6 nitrogen and oxygen atoms in total. The molecule has 2 aromatic carbocycles. The predicted octanol–water partition coefficient (Wildman–Crippen LogP) is 5.03. The minimum Gasteiger partial charge on any atom is -0.494 e. The van der Waals surface area contributed by atoms with Crippen LogP contribution in [0.1, 0.15) is 12.5 Å². The first-order chi connectivity index (χ1) is 12.0. The third-order valence-corrected chi connectivity index (χ3v) is 4.22. The number of non-ortho nitro benzene ring substituents is 1. The number of nitro groups is 1. The van der Waals surface area contributed by atoms with Crippen molar-refractivity contribution < 1.29 is 9.66 Å². The molecule has 0 spiro atoms. The van der Waals surface area contributed by atoms with Crippen molar-refractivity contribution in [1.82, 2.24) is 5.32 Å². The molecule has 2 N–H and O–H groups in total. The highest BCUT2D eigenvalue weighted by molar-refractivity contribution is 9.10. The summed E-state index contributed by atoms with van der Waals surface area (Å²) in [7, 11) is 0. The van der Waals surface area contributed by atoms with Crippen LogP contribution in [-0.2, 0) is 6.54 Å². The van der Waals surface area contributed by atoms with Gasteiger partial charge in [0.05, 0.1) is 22.2 Å². The molecular formula is C17H20BrCl2N3O3. The first-order valence-corrected chi connectivity index (χ1v) is 8.98. The van der Waals surface area contributed by atoms with Gasteiger partial charge in [0, 0.05) is 41.8 Å². The van der Waals surface area contributed by atoms with Gasteiger partial charge in [-0.1, -0.05) is 27.5 Å². The van der Waals surface area contributed by atoms with Crippen LogP contribution in [0, 0.1) is 10.1 Å². The molecule has 0 heterocycles. The van der Waals surface area contributed by atoms with Gasteiger partial charge in [0.1, 0.15) is 5.75 Å². The SMILES string of the molecule is CCOc1ccc(Br)cc1CNCCNc1ccc([N+](=O)[O-])cc1Cl.Cl. The summed E-state index contributed by atoms with van der Waals surface area (Å²) in [4.78, 5) is 10.2. The van der Waals surface area contributed by atoms with Gasteiger partial charge in [0.2, 0.25) is 0 Å². The molecule has 0 bridgehead atoms. The van der Waals surface area contributed by atoms with E-state index in [1.54, 1.807) is 6.07 Å². The van der Waals surface area contributed by atoms with E-state index >= 15 is 0 Å². The highest BCUT2D eigenvalue weighted by atomic mass is 79.9. The molecule has 2 rings (SSSR count). The second-order valence-electron chi connectivity index (χ2n) is 5.21. The van der Waals surface area contributed by atoms with E-state index in [4.69, 9.17) is 16.3 Å². The molecule has 0 aliphatic carbocycles. The van der Waals surface area contributed by atoms with Crippen LogP contribution in [0.15, 0.2) is 40.9 Å².